The van der Waals surface area contributed by atoms with E-state index in [1.54, 1.807) is 6.08 Å². The summed E-state index contributed by atoms with van der Waals surface area (Å²) in [6.45, 7) is 3.18. The molecule has 1 N–H and O–H groups in total. The third-order valence-electron chi connectivity index (χ3n) is 4.45. The molecule has 120 valence electrons. The first kappa shape index (κ1) is 16.4. The highest BCUT2D eigenvalue weighted by molar-refractivity contribution is 5.18. The lowest BCUT2D eigenvalue weighted by molar-refractivity contribution is -0.319. The Hall–Kier alpha value is -1.01. The van der Waals surface area contributed by atoms with E-state index in [0.717, 1.165) is 44.5 Å². The maximum absolute atomic E-state index is 11.9. The Balaban J connectivity index is 1.79. The van der Waals surface area contributed by atoms with Crippen LogP contribution in [0.15, 0.2) is 23.9 Å². The van der Waals surface area contributed by atoms with Crippen LogP contribution in [0.5, 0.6) is 0 Å². The molecule has 0 bridgehead atoms. The van der Waals surface area contributed by atoms with Crippen molar-refractivity contribution >= 4 is 0 Å². The van der Waals surface area contributed by atoms with Crippen molar-refractivity contribution in [2.45, 2.75) is 45.1 Å². The molecule has 1 saturated heterocycles. The largest absolute Gasteiger partial charge is 0.522 e. The first-order valence-electron chi connectivity index (χ1n) is 7.30. The fourth-order valence-corrected chi connectivity index (χ4v) is 3.28. The van der Waals surface area contributed by atoms with Crippen LogP contribution in [0.1, 0.15) is 32.6 Å². The van der Waals surface area contributed by atoms with Crippen molar-refractivity contribution in [1.82, 2.24) is 4.90 Å². The van der Waals surface area contributed by atoms with Crippen molar-refractivity contribution < 1.29 is 23.0 Å². The van der Waals surface area contributed by atoms with E-state index < -0.39 is 13.0 Å². The van der Waals surface area contributed by atoms with Crippen molar-refractivity contribution in [3.63, 3.8) is 0 Å². The molecule has 1 aliphatic carbocycles. The van der Waals surface area contributed by atoms with Crippen LogP contribution in [-0.2, 0) is 4.74 Å². The van der Waals surface area contributed by atoms with E-state index >= 15 is 0 Å². The van der Waals surface area contributed by atoms with Gasteiger partial charge >= 0.3 is 6.36 Å². The van der Waals surface area contributed by atoms with Gasteiger partial charge in [-0.2, -0.15) is 0 Å². The Morgan fingerprint density at radius 1 is 1.33 bits per heavy atom. The van der Waals surface area contributed by atoms with Crippen molar-refractivity contribution in [3.05, 3.63) is 23.9 Å². The van der Waals surface area contributed by atoms with Gasteiger partial charge in [0.25, 0.3) is 0 Å². The number of aliphatic hydroxyl groups is 1. The Morgan fingerprint density at radius 3 is 2.43 bits per heavy atom. The Bertz CT molecular complexity index is 402. The van der Waals surface area contributed by atoms with Crippen LogP contribution < -0.4 is 0 Å². The average Bonchev–Trinajstić information content (AvgIpc) is 2.37. The average molecular weight is 305 g/mol. The zero-order valence-electron chi connectivity index (χ0n) is 12.2. The summed E-state index contributed by atoms with van der Waals surface area (Å²) in [7, 11) is 0. The maximum atomic E-state index is 11.9. The zero-order chi connectivity index (χ0) is 15.5. The lowest BCUT2D eigenvalue weighted by Gasteiger charge is -2.51. The summed E-state index contributed by atoms with van der Waals surface area (Å²) >= 11 is 0. The zero-order valence-corrected chi connectivity index (χ0v) is 12.2. The minimum absolute atomic E-state index is 0.142. The van der Waals surface area contributed by atoms with Crippen molar-refractivity contribution in [2.24, 2.45) is 5.41 Å². The molecule has 0 radical (unpaired) electrons. The highest BCUT2D eigenvalue weighted by Crippen LogP contribution is 2.49. The van der Waals surface area contributed by atoms with E-state index in [0.29, 0.717) is 5.41 Å². The van der Waals surface area contributed by atoms with Crippen molar-refractivity contribution in [2.75, 3.05) is 19.7 Å². The number of likely N-dealkylation sites (tertiary alicyclic amines) is 1. The first-order valence-corrected chi connectivity index (χ1v) is 7.30. The molecule has 21 heavy (non-hydrogen) atoms. The van der Waals surface area contributed by atoms with Gasteiger partial charge in [0.05, 0.1) is 12.7 Å². The fraction of sp³-hybridized carbons (Fsp3) is 0.733. The van der Waals surface area contributed by atoms with Crippen LogP contribution in [-0.4, -0.2) is 42.2 Å². The van der Waals surface area contributed by atoms with Gasteiger partial charge in [-0.15, -0.1) is 13.2 Å². The smallest absolute Gasteiger partial charge is 0.393 e. The number of nitrogens with zero attached hydrogens (tertiary/aromatic N) is 1. The number of hydrogen-bond donors (Lipinski definition) is 1. The molecule has 0 atom stereocenters. The van der Waals surface area contributed by atoms with Gasteiger partial charge in [0.2, 0.25) is 0 Å². The van der Waals surface area contributed by atoms with Crippen LogP contribution in [0.3, 0.4) is 0 Å². The van der Waals surface area contributed by atoms with Crippen LogP contribution in [0.25, 0.3) is 0 Å². The summed E-state index contributed by atoms with van der Waals surface area (Å²) in [5.41, 5.74) is 1.23. The second-order valence-corrected chi connectivity index (χ2v) is 5.92. The number of aliphatic hydroxyl groups excluding tert-OH is 1. The summed E-state index contributed by atoms with van der Waals surface area (Å²) in [5.74, 6) is 0. The van der Waals surface area contributed by atoms with Gasteiger partial charge in [-0.3, -0.25) is 4.74 Å². The molecule has 0 aromatic rings. The van der Waals surface area contributed by atoms with E-state index in [4.69, 9.17) is 0 Å². The quantitative estimate of drug-likeness (QED) is 0.810. The maximum Gasteiger partial charge on any atom is 0.522 e. The number of ether oxygens (including phenoxy) is 1. The van der Waals surface area contributed by atoms with E-state index in [1.807, 2.05) is 13.0 Å². The second kappa shape index (κ2) is 6.40. The number of halogens is 3. The SMILES string of the molecule is C/C=C(\C=C/COC(F)(F)F)N1CCC2(CC1)CC(O)C2. The first-order chi connectivity index (χ1) is 9.84. The molecule has 0 aromatic heterocycles. The van der Waals surface area contributed by atoms with E-state index in [-0.39, 0.29) is 6.10 Å². The standard InChI is InChI=1S/C15H22F3NO2/c1-2-12(4-3-9-21-15(16,17)18)19-7-5-14(6-8-19)10-13(20)11-14/h2-4,13,20H,5-11H2,1H3/b4-3-,12-2+. The van der Waals surface area contributed by atoms with Crippen LogP contribution >= 0.6 is 0 Å². The molecule has 2 aliphatic rings. The molecule has 3 nitrogen and oxygen atoms in total. The molecule has 6 heteroatoms. The van der Waals surface area contributed by atoms with Crippen LogP contribution in [0.2, 0.25) is 0 Å². The fourth-order valence-electron chi connectivity index (χ4n) is 3.28. The molecule has 2 fully saturated rings. The normalized spacial score (nSPS) is 23.9. The molecule has 1 saturated carbocycles. The third kappa shape index (κ3) is 4.48. The van der Waals surface area contributed by atoms with Crippen LogP contribution in [0, 0.1) is 5.41 Å². The molecule has 1 aliphatic heterocycles. The monoisotopic (exact) mass is 305 g/mol. The van der Waals surface area contributed by atoms with Gasteiger partial charge in [0.15, 0.2) is 0 Å². The predicted octanol–water partition coefficient (Wildman–Crippen LogP) is 3.22. The Kier molecular flexibility index (Phi) is 4.99. The summed E-state index contributed by atoms with van der Waals surface area (Å²) in [6.07, 6.45) is 4.10. The number of allylic oxidation sites excluding steroid dienone is 2. The minimum atomic E-state index is -4.58. The summed E-state index contributed by atoms with van der Waals surface area (Å²) < 4.78 is 39.4. The second-order valence-electron chi connectivity index (χ2n) is 5.92. The topological polar surface area (TPSA) is 32.7 Å². The molecular formula is C15H22F3NO2. The van der Waals surface area contributed by atoms with Gasteiger partial charge in [-0.25, -0.2) is 0 Å². The molecule has 2 rings (SSSR count). The van der Waals surface area contributed by atoms with Crippen LogP contribution in [0.4, 0.5) is 13.2 Å². The molecule has 0 amide bonds. The van der Waals surface area contributed by atoms with E-state index in [9.17, 15) is 18.3 Å². The predicted molar refractivity (Wildman–Crippen MR) is 73.4 cm³/mol. The third-order valence-corrected chi connectivity index (χ3v) is 4.45. The highest BCUT2D eigenvalue weighted by atomic mass is 19.4. The Labute approximate surface area is 123 Å². The van der Waals surface area contributed by atoms with E-state index in [1.165, 1.54) is 6.08 Å². The molecule has 1 spiro atoms. The van der Waals surface area contributed by atoms with Gasteiger partial charge in [0, 0.05) is 18.8 Å². The van der Waals surface area contributed by atoms with Crippen molar-refractivity contribution in [3.8, 4) is 0 Å². The summed E-state index contributed by atoms with van der Waals surface area (Å²) in [6, 6.07) is 0. The summed E-state index contributed by atoms with van der Waals surface area (Å²) in [4.78, 5) is 2.18. The van der Waals surface area contributed by atoms with E-state index in [2.05, 4.69) is 9.64 Å². The lowest BCUT2D eigenvalue weighted by Crippen LogP contribution is -2.48. The highest BCUT2D eigenvalue weighted by Gasteiger charge is 2.45. The molecule has 0 unspecified atom stereocenters. The van der Waals surface area contributed by atoms with Gasteiger partial charge in [-0.1, -0.05) is 12.2 Å². The Morgan fingerprint density at radius 2 is 1.95 bits per heavy atom. The number of rotatable bonds is 4. The lowest BCUT2D eigenvalue weighted by atomic mass is 9.61. The minimum Gasteiger partial charge on any atom is -0.393 e. The number of hydrogen-bond acceptors (Lipinski definition) is 3. The van der Waals surface area contributed by atoms with Gasteiger partial charge in [0.1, 0.15) is 0 Å². The van der Waals surface area contributed by atoms with Crippen molar-refractivity contribution in [1.29, 1.82) is 0 Å². The molecular weight excluding hydrogens is 283 g/mol. The molecule has 0 aromatic carbocycles. The van der Waals surface area contributed by atoms with Gasteiger partial charge in [-0.05, 0) is 44.1 Å². The summed E-state index contributed by atoms with van der Waals surface area (Å²) in [5, 5.41) is 9.45. The van der Waals surface area contributed by atoms with Gasteiger partial charge < -0.3 is 10.0 Å². The molecule has 1 heterocycles. The number of alkyl halides is 3. The number of piperidine rings is 1.